The Morgan fingerprint density at radius 3 is 2.30 bits per heavy atom. The largest absolute Gasteiger partial charge is 0.356 e. The second-order valence-electron chi connectivity index (χ2n) is 7.45. The number of hydrogen-bond acceptors (Lipinski definition) is 8. The van der Waals surface area contributed by atoms with Crippen molar-refractivity contribution in [2.45, 2.75) is 30.5 Å². The SMILES string of the molecule is CC(=O)NCc1ccc(S(=O)(=O)N2CCN(c3cc(N4CCCC4)ncn3)CC2)s1. The van der Waals surface area contributed by atoms with Gasteiger partial charge in [0.25, 0.3) is 10.0 Å². The molecule has 0 aromatic carbocycles. The maximum atomic E-state index is 13.0. The van der Waals surface area contributed by atoms with E-state index in [4.69, 9.17) is 0 Å². The van der Waals surface area contributed by atoms with E-state index in [1.165, 1.54) is 35.4 Å². The maximum Gasteiger partial charge on any atom is 0.252 e. The highest BCUT2D eigenvalue weighted by Crippen LogP contribution is 2.27. The van der Waals surface area contributed by atoms with E-state index in [-0.39, 0.29) is 5.91 Å². The summed E-state index contributed by atoms with van der Waals surface area (Å²) < 4.78 is 27.9. The number of carbonyl (C=O) groups is 1. The minimum atomic E-state index is -3.54. The minimum Gasteiger partial charge on any atom is -0.356 e. The zero-order valence-electron chi connectivity index (χ0n) is 17.0. The van der Waals surface area contributed by atoms with Crippen LogP contribution in [-0.2, 0) is 21.4 Å². The summed E-state index contributed by atoms with van der Waals surface area (Å²) in [7, 11) is -3.54. The van der Waals surface area contributed by atoms with Crippen molar-refractivity contribution >= 4 is 38.9 Å². The van der Waals surface area contributed by atoms with Crippen molar-refractivity contribution in [2.24, 2.45) is 0 Å². The first-order valence-electron chi connectivity index (χ1n) is 10.1. The summed E-state index contributed by atoms with van der Waals surface area (Å²) in [6.07, 6.45) is 3.96. The Morgan fingerprint density at radius 2 is 1.67 bits per heavy atom. The predicted octanol–water partition coefficient (Wildman–Crippen LogP) is 1.29. The van der Waals surface area contributed by atoms with Gasteiger partial charge in [-0.15, -0.1) is 11.3 Å². The van der Waals surface area contributed by atoms with Crippen LogP contribution in [0.4, 0.5) is 11.6 Å². The Bertz CT molecular complexity index is 995. The third kappa shape index (κ3) is 4.57. The summed E-state index contributed by atoms with van der Waals surface area (Å²) in [5, 5.41) is 2.70. The van der Waals surface area contributed by atoms with E-state index >= 15 is 0 Å². The number of nitrogens with zero attached hydrogens (tertiary/aromatic N) is 5. The molecule has 0 spiro atoms. The van der Waals surface area contributed by atoms with Gasteiger partial charge >= 0.3 is 0 Å². The van der Waals surface area contributed by atoms with Crippen molar-refractivity contribution in [1.82, 2.24) is 19.6 Å². The number of thiophene rings is 1. The average molecular weight is 451 g/mol. The standard InChI is InChI=1S/C19H26N6O3S2/c1-15(26)20-13-16-4-5-19(29-16)30(27,28)25-10-8-24(9-11-25)18-12-17(21-14-22-18)23-6-2-3-7-23/h4-5,12,14H,2-3,6-11,13H2,1H3,(H,20,26). The molecule has 1 amide bonds. The van der Waals surface area contributed by atoms with Crippen molar-refractivity contribution in [3.8, 4) is 0 Å². The second kappa shape index (κ2) is 8.86. The molecular weight excluding hydrogens is 424 g/mol. The van der Waals surface area contributed by atoms with E-state index in [0.717, 1.165) is 29.6 Å². The van der Waals surface area contributed by atoms with Gasteiger partial charge < -0.3 is 15.1 Å². The zero-order valence-corrected chi connectivity index (χ0v) is 18.6. The van der Waals surface area contributed by atoms with Crippen LogP contribution in [-0.4, -0.2) is 67.9 Å². The Kier molecular flexibility index (Phi) is 6.21. The first kappa shape index (κ1) is 21.0. The summed E-state index contributed by atoms with van der Waals surface area (Å²) in [5.74, 6) is 1.65. The molecule has 2 aliphatic heterocycles. The minimum absolute atomic E-state index is 0.137. The van der Waals surface area contributed by atoms with Crippen LogP contribution in [0.3, 0.4) is 0 Å². The molecule has 4 heterocycles. The van der Waals surface area contributed by atoms with Gasteiger partial charge in [-0.05, 0) is 25.0 Å². The molecule has 2 fully saturated rings. The molecular formula is C19H26N6O3S2. The molecule has 2 aromatic rings. The van der Waals surface area contributed by atoms with Crippen molar-refractivity contribution < 1.29 is 13.2 Å². The Labute approximate surface area is 180 Å². The number of rotatable bonds is 6. The quantitative estimate of drug-likeness (QED) is 0.708. The van der Waals surface area contributed by atoms with Crippen LogP contribution in [0.1, 0.15) is 24.6 Å². The number of sulfonamides is 1. The molecule has 4 rings (SSSR count). The molecule has 0 unspecified atom stereocenters. The normalized spacial score (nSPS) is 18.0. The van der Waals surface area contributed by atoms with Crippen molar-refractivity contribution in [3.05, 3.63) is 29.4 Å². The molecule has 30 heavy (non-hydrogen) atoms. The summed E-state index contributed by atoms with van der Waals surface area (Å²) in [6, 6.07) is 5.38. The van der Waals surface area contributed by atoms with Gasteiger partial charge in [0.1, 0.15) is 22.2 Å². The fraction of sp³-hybridized carbons (Fsp3) is 0.526. The molecule has 0 saturated carbocycles. The lowest BCUT2D eigenvalue weighted by Gasteiger charge is -2.34. The number of carbonyl (C=O) groups excluding carboxylic acids is 1. The van der Waals surface area contributed by atoms with Crippen LogP contribution in [0.15, 0.2) is 28.7 Å². The van der Waals surface area contributed by atoms with E-state index in [1.807, 2.05) is 6.07 Å². The van der Waals surface area contributed by atoms with Crippen molar-refractivity contribution in [3.63, 3.8) is 0 Å². The third-order valence-corrected chi connectivity index (χ3v) is 8.82. The molecule has 2 saturated heterocycles. The highest BCUT2D eigenvalue weighted by molar-refractivity contribution is 7.91. The highest BCUT2D eigenvalue weighted by atomic mass is 32.2. The molecule has 0 radical (unpaired) electrons. The maximum absolute atomic E-state index is 13.0. The number of piperazine rings is 1. The van der Waals surface area contributed by atoms with Gasteiger partial charge in [-0.1, -0.05) is 0 Å². The first-order chi connectivity index (χ1) is 14.4. The fourth-order valence-corrected chi connectivity index (χ4v) is 6.59. The van der Waals surface area contributed by atoms with Gasteiger partial charge in [0.2, 0.25) is 5.91 Å². The molecule has 2 aromatic heterocycles. The van der Waals surface area contributed by atoms with Gasteiger partial charge in [-0.3, -0.25) is 4.79 Å². The van der Waals surface area contributed by atoms with E-state index in [9.17, 15) is 13.2 Å². The number of nitrogens with one attached hydrogen (secondary N) is 1. The average Bonchev–Trinajstić information content (AvgIpc) is 3.45. The van der Waals surface area contributed by atoms with Crippen LogP contribution >= 0.6 is 11.3 Å². The number of aromatic nitrogens is 2. The topological polar surface area (TPSA) is 98.7 Å². The smallest absolute Gasteiger partial charge is 0.252 e. The van der Waals surface area contributed by atoms with Gasteiger partial charge in [0.15, 0.2) is 0 Å². The molecule has 162 valence electrons. The van der Waals surface area contributed by atoms with Crippen molar-refractivity contribution in [1.29, 1.82) is 0 Å². The summed E-state index contributed by atoms with van der Waals surface area (Å²) >= 11 is 1.20. The predicted molar refractivity (Wildman–Crippen MR) is 116 cm³/mol. The third-order valence-electron chi connectivity index (χ3n) is 5.37. The highest BCUT2D eigenvalue weighted by Gasteiger charge is 2.30. The Morgan fingerprint density at radius 1 is 1.03 bits per heavy atom. The molecule has 9 nitrogen and oxygen atoms in total. The summed E-state index contributed by atoms with van der Waals surface area (Å²) in [4.78, 5) is 25.1. The lowest BCUT2D eigenvalue weighted by Crippen LogP contribution is -2.48. The second-order valence-corrected chi connectivity index (χ2v) is 10.8. The van der Waals surface area contributed by atoms with E-state index < -0.39 is 10.0 Å². The summed E-state index contributed by atoms with van der Waals surface area (Å²) in [5.41, 5.74) is 0. The Hall–Kier alpha value is -2.24. The van der Waals surface area contributed by atoms with E-state index in [1.54, 1.807) is 18.5 Å². The lowest BCUT2D eigenvalue weighted by molar-refractivity contribution is -0.119. The van der Waals surface area contributed by atoms with Gasteiger partial charge in [-0.25, -0.2) is 18.4 Å². The van der Waals surface area contributed by atoms with Crippen LogP contribution in [0.2, 0.25) is 0 Å². The fourth-order valence-electron chi connectivity index (χ4n) is 3.72. The van der Waals surface area contributed by atoms with Crippen LogP contribution in [0.25, 0.3) is 0 Å². The number of amides is 1. The molecule has 2 aliphatic rings. The monoisotopic (exact) mass is 450 g/mol. The first-order valence-corrected chi connectivity index (χ1v) is 12.3. The van der Waals surface area contributed by atoms with Crippen LogP contribution in [0.5, 0.6) is 0 Å². The Balaban J connectivity index is 1.39. The molecule has 11 heteroatoms. The zero-order chi connectivity index (χ0) is 21.1. The number of hydrogen-bond donors (Lipinski definition) is 1. The number of anilines is 2. The lowest BCUT2D eigenvalue weighted by atomic mass is 10.3. The van der Waals surface area contributed by atoms with E-state index in [2.05, 4.69) is 25.1 Å². The van der Waals surface area contributed by atoms with Gasteiger partial charge in [0.05, 0.1) is 6.54 Å². The van der Waals surface area contributed by atoms with Crippen LogP contribution in [0, 0.1) is 0 Å². The summed E-state index contributed by atoms with van der Waals surface area (Å²) in [6.45, 7) is 5.81. The molecule has 0 bridgehead atoms. The van der Waals surface area contributed by atoms with E-state index in [0.29, 0.717) is 36.9 Å². The van der Waals surface area contributed by atoms with Crippen LogP contribution < -0.4 is 15.1 Å². The van der Waals surface area contributed by atoms with Gasteiger partial charge in [-0.2, -0.15) is 4.31 Å². The molecule has 1 N–H and O–H groups in total. The molecule has 0 aliphatic carbocycles. The molecule has 0 atom stereocenters. The van der Waals surface area contributed by atoms with Crippen molar-refractivity contribution in [2.75, 3.05) is 49.1 Å². The van der Waals surface area contributed by atoms with Gasteiger partial charge in [0, 0.05) is 57.1 Å².